The van der Waals surface area contributed by atoms with Gasteiger partial charge in [-0.2, -0.15) is 0 Å². The number of aryl methyl sites for hydroxylation is 1. The smallest absolute Gasteiger partial charge is 0.0641 e. The third-order valence-electron chi connectivity index (χ3n) is 3.35. The van der Waals surface area contributed by atoms with Gasteiger partial charge in [-0.1, -0.05) is 29.3 Å². The molecule has 0 aliphatic rings. The molecule has 1 aromatic heterocycles. The lowest BCUT2D eigenvalue weighted by Crippen LogP contribution is -2.00. The summed E-state index contributed by atoms with van der Waals surface area (Å²) in [4.78, 5) is 3.18. The fraction of sp³-hybridized carbons (Fsp3) is 0.125. The molecule has 3 aromatic rings. The zero-order chi connectivity index (χ0) is 14.1. The Labute approximate surface area is 127 Å². The van der Waals surface area contributed by atoms with E-state index in [0.29, 0.717) is 11.6 Å². The number of aromatic nitrogens is 1. The van der Waals surface area contributed by atoms with Crippen LogP contribution in [0.5, 0.6) is 0 Å². The number of halogens is 2. The molecule has 0 radical (unpaired) electrons. The zero-order valence-electron chi connectivity index (χ0n) is 11.0. The van der Waals surface area contributed by atoms with Crippen molar-refractivity contribution in [2.24, 2.45) is 0 Å². The van der Waals surface area contributed by atoms with E-state index >= 15 is 0 Å². The van der Waals surface area contributed by atoms with Gasteiger partial charge in [-0.25, -0.2) is 0 Å². The Kier molecular flexibility index (Phi) is 3.60. The first-order valence-electron chi connectivity index (χ1n) is 6.39. The first-order valence-corrected chi connectivity index (χ1v) is 7.14. The fourth-order valence-corrected chi connectivity index (χ4v) is 2.64. The van der Waals surface area contributed by atoms with Crippen LogP contribution in [0.1, 0.15) is 11.1 Å². The molecule has 0 atom stereocenters. The summed E-state index contributed by atoms with van der Waals surface area (Å²) in [5.41, 5.74) is 4.18. The third-order valence-corrected chi connectivity index (χ3v) is 4.07. The van der Waals surface area contributed by atoms with Gasteiger partial charge in [0.25, 0.3) is 0 Å². The molecule has 0 unspecified atom stereocenters. The highest BCUT2D eigenvalue weighted by molar-refractivity contribution is 6.35. The van der Waals surface area contributed by atoms with E-state index in [9.17, 15) is 0 Å². The number of fused-ring (bicyclic) bond motifs is 1. The Morgan fingerprint density at radius 1 is 1.05 bits per heavy atom. The number of benzene rings is 2. The molecule has 0 bridgehead atoms. The largest absolute Gasteiger partial charge is 0.380 e. The van der Waals surface area contributed by atoms with Gasteiger partial charge >= 0.3 is 0 Å². The summed E-state index contributed by atoms with van der Waals surface area (Å²) >= 11 is 12.3. The summed E-state index contributed by atoms with van der Waals surface area (Å²) in [5.74, 6) is 0. The van der Waals surface area contributed by atoms with Crippen LogP contribution in [0, 0.1) is 6.92 Å². The lowest BCUT2D eigenvalue weighted by molar-refractivity contribution is 1.15. The minimum absolute atomic E-state index is 0.689. The van der Waals surface area contributed by atoms with Gasteiger partial charge in [-0.15, -0.1) is 0 Å². The molecule has 0 fully saturated rings. The Hall–Kier alpha value is -1.64. The molecular formula is C16H14Cl2N2. The Morgan fingerprint density at radius 2 is 1.90 bits per heavy atom. The maximum Gasteiger partial charge on any atom is 0.0641 e. The van der Waals surface area contributed by atoms with Crippen molar-refractivity contribution < 1.29 is 0 Å². The van der Waals surface area contributed by atoms with E-state index in [4.69, 9.17) is 23.2 Å². The van der Waals surface area contributed by atoms with E-state index in [1.54, 1.807) is 0 Å². The predicted molar refractivity (Wildman–Crippen MR) is 86.8 cm³/mol. The summed E-state index contributed by atoms with van der Waals surface area (Å²) in [6.07, 6.45) is 1.94. The van der Waals surface area contributed by atoms with Gasteiger partial charge in [0.15, 0.2) is 0 Å². The van der Waals surface area contributed by atoms with E-state index < -0.39 is 0 Å². The van der Waals surface area contributed by atoms with Gasteiger partial charge in [0.2, 0.25) is 0 Å². The highest BCUT2D eigenvalue weighted by atomic mass is 35.5. The van der Waals surface area contributed by atoms with Crippen molar-refractivity contribution in [3.63, 3.8) is 0 Å². The molecule has 0 aliphatic carbocycles. The van der Waals surface area contributed by atoms with Crippen LogP contribution in [0.2, 0.25) is 10.0 Å². The number of hydrogen-bond donors (Lipinski definition) is 2. The van der Waals surface area contributed by atoms with Crippen molar-refractivity contribution in [3.05, 3.63) is 63.8 Å². The van der Waals surface area contributed by atoms with Gasteiger partial charge < -0.3 is 10.3 Å². The van der Waals surface area contributed by atoms with Crippen molar-refractivity contribution in [2.45, 2.75) is 13.5 Å². The fourth-order valence-electron chi connectivity index (χ4n) is 2.19. The maximum atomic E-state index is 6.22. The second kappa shape index (κ2) is 5.39. The van der Waals surface area contributed by atoms with Gasteiger partial charge in [-0.05, 0) is 53.8 Å². The SMILES string of the molecule is Cc1cc(Cl)c(NCc2ccc3[nH]ccc3c2)cc1Cl. The highest BCUT2D eigenvalue weighted by Gasteiger charge is 2.05. The molecule has 0 saturated carbocycles. The summed E-state index contributed by atoms with van der Waals surface area (Å²) in [6.45, 7) is 2.65. The van der Waals surface area contributed by atoms with Gasteiger partial charge in [0.05, 0.1) is 10.7 Å². The quantitative estimate of drug-likeness (QED) is 0.666. The first kappa shape index (κ1) is 13.3. The molecule has 0 aliphatic heterocycles. The highest BCUT2D eigenvalue weighted by Crippen LogP contribution is 2.29. The van der Waals surface area contributed by atoms with Crippen LogP contribution >= 0.6 is 23.2 Å². The standard InChI is InChI=1S/C16H14Cl2N2/c1-10-6-14(18)16(8-13(10)17)20-9-11-2-3-15-12(7-11)4-5-19-15/h2-8,19-20H,9H2,1H3. The lowest BCUT2D eigenvalue weighted by atomic mass is 10.1. The van der Waals surface area contributed by atoms with Crippen molar-refractivity contribution in [3.8, 4) is 0 Å². The molecular weight excluding hydrogens is 291 g/mol. The van der Waals surface area contributed by atoms with Gasteiger partial charge in [0, 0.05) is 23.3 Å². The molecule has 102 valence electrons. The van der Waals surface area contributed by atoms with Crippen molar-refractivity contribution in [2.75, 3.05) is 5.32 Å². The molecule has 0 amide bonds. The van der Waals surface area contributed by atoms with Gasteiger partial charge in [-0.3, -0.25) is 0 Å². The Balaban J connectivity index is 1.80. The lowest BCUT2D eigenvalue weighted by Gasteiger charge is -2.10. The number of rotatable bonds is 3. The van der Waals surface area contributed by atoms with Crippen molar-refractivity contribution in [1.82, 2.24) is 4.98 Å². The minimum atomic E-state index is 0.689. The Bertz CT molecular complexity index is 762. The first-order chi connectivity index (χ1) is 9.63. The number of aromatic amines is 1. The maximum absolute atomic E-state index is 6.22. The number of H-pyrrole nitrogens is 1. The molecule has 1 heterocycles. The monoisotopic (exact) mass is 304 g/mol. The van der Waals surface area contributed by atoms with Crippen LogP contribution in [-0.4, -0.2) is 4.98 Å². The Morgan fingerprint density at radius 3 is 2.75 bits per heavy atom. The number of hydrogen-bond acceptors (Lipinski definition) is 1. The van der Waals surface area contributed by atoms with Crippen LogP contribution in [0.4, 0.5) is 5.69 Å². The molecule has 2 aromatic carbocycles. The van der Waals surface area contributed by atoms with E-state index in [0.717, 1.165) is 21.8 Å². The van der Waals surface area contributed by atoms with Crippen molar-refractivity contribution >= 4 is 39.8 Å². The van der Waals surface area contributed by atoms with Crippen LogP contribution in [0.15, 0.2) is 42.6 Å². The topological polar surface area (TPSA) is 27.8 Å². The van der Waals surface area contributed by atoms with E-state index in [1.807, 2.05) is 25.3 Å². The van der Waals surface area contributed by atoms with Crippen LogP contribution in [0.25, 0.3) is 10.9 Å². The molecule has 0 spiro atoms. The van der Waals surface area contributed by atoms with E-state index in [1.165, 1.54) is 10.9 Å². The summed E-state index contributed by atoms with van der Waals surface area (Å²) in [6, 6.07) is 12.1. The van der Waals surface area contributed by atoms with Crippen LogP contribution < -0.4 is 5.32 Å². The third kappa shape index (κ3) is 2.62. The van der Waals surface area contributed by atoms with E-state index in [-0.39, 0.29) is 0 Å². The summed E-state index contributed by atoms with van der Waals surface area (Å²) in [7, 11) is 0. The average molecular weight is 305 g/mol. The zero-order valence-corrected chi connectivity index (χ0v) is 12.5. The molecule has 20 heavy (non-hydrogen) atoms. The predicted octanol–water partition coefficient (Wildman–Crippen LogP) is 5.40. The molecule has 2 nitrogen and oxygen atoms in total. The molecule has 4 heteroatoms. The second-order valence-corrected chi connectivity index (χ2v) is 5.65. The molecule has 0 saturated heterocycles. The normalized spacial score (nSPS) is 10.9. The van der Waals surface area contributed by atoms with E-state index in [2.05, 4.69) is 34.6 Å². The number of anilines is 1. The summed E-state index contributed by atoms with van der Waals surface area (Å²) < 4.78 is 0. The second-order valence-electron chi connectivity index (χ2n) is 4.83. The van der Waals surface area contributed by atoms with Crippen LogP contribution in [-0.2, 0) is 6.54 Å². The average Bonchev–Trinajstić information content (AvgIpc) is 2.89. The number of nitrogens with one attached hydrogen (secondary N) is 2. The van der Waals surface area contributed by atoms with Crippen molar-refractivity contribution in [1.29, 1.82) is 0 Å². The molecule has 3 rings (SSSR count). The minimum Gasteiger partial charge on any atom is -0.380 e. The molecule has 2 N–H and O–H groups in total. The summed E-state index contributed by atoms with van der Waals surface area (Å²) in [5, 5.41) is 5.94. The van der Waals surface area contributed by atoms with Crippen LogP contribution in [0.3, 0.4) is 0 Å². The van der Waals surface area contributed by atoms with Gasteiger partial charge in [0.1, 0.15) is 0 Å².